The average Bonchev–Trinajstić information content (AvgIpc) is 3.16. The molecule has 2 aliphatic rings. The zero-order valence-electron chi connectivity index (χ0n) is 15.1. The predicted octanol–water partition coefficient (Wildman–Crippen LogP) is 2.98. The normalized spacial score (nSPS) is 17.3. The maximum Gasteiger partial charge on any atom is 0.251 e. The van der Waals surface area contributed by atoms with Crippen molar-refractivity contribution in [3.8, 4) is 0 Å². The molecule has 2 N–H and O–H groups in total. The summed E-state index contributed by atoms with van der Waals surface area (Å²) in [6.45, 7) is 6.26. The van der Waals surface area contributed by atoms with Gasteiger partial charge in [0.2, 0.25) is 0 Å². The molecule has 2 heterocycles. The molecule has 0 bridgehead atoms. The van der Waals surface area contributed by atoms with E-state index in [0.717, 1.165) is 56.1 Å². The van der Waals surface area contributed by atoms with E-state index in [2.05, 4.69) is 33.7 Å². The van der Waals surface area contributed by atoms with Crippen LogP contribution >= 0.6 is 0 Å². The molecule has 5 nitrogen and oxygen atoms in total. The second-order valence-corrected chi connectivity index (χ2v) is 6.90. The first-order valence-corrected chi connectivity index (χ1v) is 9.31. The number of fused-ring (bicyclic) bond motifs is 1. The van der Waals surface area contributed by atoms with Crippen LogP contribution in [0.2, 0.25) is 0 Å². The van der Waals surface area contributed by atoms with Crippen molar-refractivity contribution in [2.24, 2.45) is 0 Å². The maximum atomic E-state index is 12.8. The molecule has 0 radical (unpaired) electrons. The molecule has 136 valence electrons. The van der Waals surface area contributed by atoms with Gasteiger partial charge in [0.25, 0.3) is 5.91 Å². The zero-order chi connectivity index (χ0) is 17.9. The zero-order valence-corrected chi connectivity index (χ0v) is 15.1. The Balaban J connectivity index is 1.51. The van der Waals surface area contributed by atoms with Crippen LogP contribution in [0.4, 0.5) is 11.4 Å². The lowest BCUT2D eigenvalue weighted by Crippen LogP contribution is -2.37. The van der Waals surface area contributed by atoms with Crippen molar-refractivity contribution < 1.29 is 9.53 Å². The second-order valence-electron chi connectivity index (χ2n) is 6.90. The molecule has 0 saturated carbocycles. The van der Waals surface area contributed by atoms with E-state index < -0.39 is 0 Å². The SMILES string of the molecule is CC(NC(=O)c1ccc2c(c1)CCN2)c1ccccc1N1CCOCC1. The number of nitrogens with one attached hydrogen (secondary N) is 2. The molecule has 0 spiro atoms. The summed E-state index contributed by atoms with van der Waals surface area (Å²) in [6.07, 6.45) is 0.978. The molecule has 1 saturated heterocycles. The van der Waals surface area contributed by atoms with Gasteiger partial charge < -0.3 is 20.3 Å². The number of amides is 1. The van der Waals surface area contributed by atoms with Gasteiger partial charge in [0.15, 0.2) is 0 Å². The number of carbonyl (C=O) groups excluding carboxylic acids is 1. The van der Waals surface area contributed by atoms with Crippen LogP contribution < -0.4 is 15.5 Å². The minimum absolute atomic E-state index is 0.0241. The third kappa shape index (κ3) is 3.40. The molecule has 2 aliphatic heterocycles. The van der Waals surface area contributed by atoms with E-state index >= 15 is 0 Å². The van der Waals surface area contributed by atoms with Crippen molar-refractivity contribution in [3.05, 3.63) is 59.2 Å². The van der Waals surface area contributed by atoms with Crippen molar-refractivity contribution in [1.82, 2.24) is 5.32 Å². The fraction of sp³-hybridized carbons (Fsp3) is 0.381. The highest BCUT2D eigenvalue weighted by Gasteiger charge is 2.20. The van der Waals surface area contributed by atoms with Gasteiger partial charge in [-0.05, 0) is 48.7 Å². The lowest BCUT2D eigenvalue weighted by molar-refractivity contribution is 0.0939. The number of anilines is 2. The fourth-order valence-corrected chi connectivity index (χ4v) is 3.75. The number of rotatable bonds is 4. The van der Waals surface area contributed by atoms with Gasteiger partial charge in [-0.25, -0.2) is 0 Å². The number of ether oxygens (including phenoxy) is 1. The molecular weight excluding hydrogens is 326 g/mol. The van der Waals surface area contributed by atoms with Crippen LogP contribution in [-0.2, 0) is 11.2 Å². The quantitative estimate of drug-likeness (QED) is 0.889. The van der Waals surface area contributed by atoms with Crippen LogP contribution in [0.25, 0.3) is 0 Å². The van der Waals surface area contributed by atoms with Gasteiger partial charge in [-0.2, -0.15) is 0 Å². The first kappa shape index (κ1) is 16.9. The number of carbonyl (C=O) groups is 1. The van der Waals surface area contributed by atoms with E-state index in [1.807, 2.05) is 31.2 Å². The predicted molar refractivity (Wildman–Crippen MR) is 104 cm³/mol. The van der Waals surface area contributed by atoms with Crippen LogP contribution in [0.3, 0.4) is 0 Å². The van der Waals surface area contributed by atoms with Gasteiger partial charge >= 0.3 is 0 Å². The summed E-state index contributed by atoms with van der Waals surface area (Å²) in [5.74, 6) is -0.0241. The van der Waals surface area contributed by atoms with Crippen molar-refractivity contribution >= 4 is 17.3 Å². The molecule has 1 amide bonds. The average molecular weight is 351 g/mol. The molecule has 1 atom stereocenters. The Labute approximate surface area is 154 Å². The molecule has 2 aromatic rings. The summed E-state index contributed by atoms with van der Waals surface area (Å²) in [5.41, 5.74) is 5.42. The number of benzene rings is 2. The first-order valence-electron chi connectivity index (χ1n) is 9.31. The van der Waals surface area contributed by atoms with Crippen LogP contribution in [0.1, 0.15) is 34.5 Å². The Morgan fingerprint density at radius 1 is 1.19 bits per heavy atom. The largest absolute Gasteiger partial charge is 0.384 e. The van der Waals surface area contributed by atoms with Gasteiger partial charge in [-0.1, -0.05) is 18.2 Å². The standard InChI is InChI=1S/C21H25N3O2/c1-15(18-4-2-3-5-20(18)24-10-12-26-13-11-24)23-21(25)17-6-7-19-16(14-17)8-9-22-19/h2-7,14-15,22H,8-13H2,1H3,(H,23,25). The highest BCUT2D eigenvalue weighted by Crippen LogP contribution is 2.28. The highest BCUT2D eigenvalue weighted by atomic mass is 16.5. The van der Waals surface area contributed by atoms with Gasteiger partial charge in [0.1, 0.15) is 0 Å². The van der Waals surface area contributed by atoms with Gasteiger partial charge in [-0.3, -0.25) is 4.79 Å². The summed E-state index contributed by atoms with van der Waals surface area (Å²) in [4.78, 5) is 15.1. The van der Waals surface area contributed by atoms with E-state index in [4.69, 9.17) is 4.74 Å². The molecule has 2 aromatic carbocycles. The highest BCUT2D eigenvalue weighted by molar-refractivity contribution is 5.95. The van der Waals surface area contributed by atoms with Crippen molar-refractivity contribution in [2.45, 2.75) is 19.4 Å². The van der Waals surface area contributed by atoms with Gasteiger partial charge in [0, 0.05) is 36.6 Å². The Kier molecular flexibility index (Phi) is 4.80. The van der Waals surface area contributed by atoms with E-state index in [0.29, 0.717) is 0 Å². The maximum absolute atomic E-state index is 12.8. The molecule has 26 heavy (non-hydrogen) atoms. The summed E-state index contributed by atoms with van der Waals surface area (Å²) < 4.78 is 5.46. The first-order chi connectivity index (χ1) is 12.7. The number of nitrogens with zero attached hydrogens (tertiary/aromatic N) is 1. The molecule has 0 aliphatic carbocycles. The van der Waals surface area contributed by atoms with Crippen molar-refractivity contribution in [2.75, 3.05) is 43.1 Å². The number of para-hydroxylation sites is 1. The summed E-state index contributed by atoms with van der Waals surface area (Å²) in [7, 11) is 0. The van der Waals surface area contributed by atoms with Crippen LogP contribution in [0.5, 0.6) is 0 Å². The molecular formula is C21H25N3O2. The number of morpholine rings is 1. The smallest absolute Gasteiger partial charge is 0.251 e. The molecule has 1 fully saturated rings. The number of hydrogen-bond acceptors (Lipinski definition) is 4. The van der Waals surface area contributed by atoms with E-state index in [-0.39, 0.29) is 11.9 Å². The van der Waals surface area contributed by atoms with Crippen LogP contribution in [-0.4, -0.2) is 38.8 Å². The third-order valence-corrected chi connectivity index (χ3v) is 5.18. The van der Waals surface area contributed by atoms with E-state index in [9.17, 15) is 4.79 Å². The molecule has 1 unspecified atom stereocenters. The Hall–Kier alpha value is -2.53. The summed E-state index contributed by atoms with van der Waals surface area (Å²) >= 11 is 0. The fourth-order valence-electron chi connectivity index (χ4n) is 3.75. The lowest BCUT2D eigenvalue weighted by atomic mass is 10.0. The van der Waals surface area contributed by atoms with Crippen molar-refractivity contribution in [1.29, 1.82) is 0 Å². The van der Waals surface area contributed by atoms with Crippen LogP contribution in [0.15, 0.2) is 42.5 Å². The summed E-state index contributed by atoms with van der Waals surface area (Å²) in [6, 6.07) is 14.2. The molecule has 0 aromatic heterocycles. The second kappa shape index (κ2) is 7.38. The van der Waals surface area contributed by atoms with E-state index in [1.165, 1.54) is 11.3 Å². The van der Waals surface area contributed by atoms with Crippen molar-refractivity contribution in [3.63, 3.8) is 0 Å². The minimum Gasteiger partial charge on any atom is -0.384 e. The topological polar surface area (TPSA) is 53.6 Å². The Bertz CT molecular complexity index is 800. The van der Waals surface area contributed by atoms with E-state index in [1.54, 1.807) is 0 Å². The van der Waals surface area contributed by atoms with Gasteiger partial charge in [0.05, 0.1) is 19.3 Å². The molecule has 4 rings (SSSR count). The van der Waals surface area contributed by atoms with Gasteiger partial charge in [-0.15, -0.1) is 0 Å². The lowest BCUT2D eigenvalue weighted by Gasteiger charge is -2.32. The Morgan fingerprint density at radius 2 is 2.00 bits per heavy atom. The molecule has 5 heteroatoms. The third-order valence-electron chi connectivity index (χ3n) is 5.18. The summed E-state index contributed by atoms with van der Waals surface area (Å²) in [5, 5.41) is 6.50. The Morgan fingerprint density at radius 3 is 2.85 bits per heavy atom. The van der Waals surface area contributed by atoms with Crippen LogP contribution in [0, 0.1) is 0 Å². The number of hydrogen-bond donors (Lipinski definition) is 2. The monoisotopic (exact) mass is 351 g/mol. The minimum atomic E-state index is -0.0621.